The first-order valence-electron chi connectivity index (χ1n) is 11.6. The Balaban J connectivity index is 1.86. The van der Waals surface area contributed by atoms with Crippen LogP contribution in [0, 0.1) is 6.92 Å². The van der Waals surface area contributed by atoms with Crippen molar-refractivity contribution in [3.8, 4) is 5.75 Å². The number of benzene rings is 2. The van der Waals surface area contributed by atoms with E-state index in [9.17, 15) is 14.7 Å². The van der Waals surface area contributed by atoms with Crippen molar-refractivity contribution in [2.45, 2.75) is 46.1 Å². The molecule has 0 radical (unpaired) electrons. The van der Waals surface area contributed by atoms with Gasteiger partial charge in [0.2, 0.25) is 0 Å². The average Bonchev–Trinajstić information content (AvgIpc) is 3.28. The molecule has 1 amide bonds. The third-order valence-electron chi connectivity index (χ3n) is 6.11. The molecule has 6 heteroatoms. The fourth-order valence-electron chi connectivity index (χ4n) is 4.47. The van der Waals surface area contributed by atoms with Crippen LogP contribution in [0.15, 0.2) is 54.1 Å². The molecule has 1 aliphatic rings. The first-order valence-corrected chi connectivity index (χ1v) is 11.6. The third-order valence-corrected chi connectivity index (χ3v) is 6.11. The van der Waals surface area contributed by atoms with Gasteiger partial charge in [0, 0.05) is 34.3 Å². The molecular weight excluding hydrogens is 416 g/mol. The summed E-state index contributed by atoms with van der Waals surface area (Å²) in [4.78, 5) is 31.3. The number of nitrogens with one attached hydrogen (secondary N) is 1. The van der Waals surface area contributed by atoms with Crippen molar-refractivity contribution in [3.05, 3.63) is 70.9 Å². The highest BCUT2D eigenvalue weighted by Crippen LogP contribution is 2.43. The zero-order chi connectivity index (χ0) is 23.5. The smallest absolute Gasteiger partial charge is 0.295 e. The molecule has 2 aromatic carbocycles. The maximum atomic E-state index is 13.2. The first kappa shape index (κ1) is 22.6. The predicted octanol–water partition coefficient (Wildman–Crippen LogP) is 5.49. The lowest BCUT2D eigenvalue weighted by atomic mass is 9.93. The summed E-state index contributed by atoms with van der Waals surface area (Å²) < 4.78 is 5.63. The predicted molar refractivity (Wildman–Crippen MR) is 129 cm³/mol. The molecule has 4 rings (SSSR count). The lowest BCUT2D eigenvalue weighted by Gasteiger charge is -2.25. The van der Waals surface area contributed by atoms with Crippen molar-refractivity contribution in [1.29, 1.82) is 0 Å². The fourth-order valence-corrected chi connectivity index (χ4v) is 4.47. The van der Waals surface area contributed by atoms with Gasteiger partial charge in [0.15, 0.2) is 0 Å². The lowest BCUT2D eigenvalue weighted by molar-refractivity contribution is -0.139. The van der Waals surface area contributed by atoms with Gasteiger partial charge in [0.1, 0.15) is 11.5 Å². The number of hydrogen-bond donors (Lipinski definition) is 2. The van der Waals surface area contributed by atoms with Crippen LogP contribution in [0.1, 0.15) is 56.0 Å². The van der Waals surface area contributed by atoms with E-state index < -0.39 is 17.7 Å². The summed E-state index contributed by atoms with van der Waals surface area (Å²) in [6.45, 7) is 7.07. The van der Waals surface area contributed by atoms with E-state index in [0.717, 1.165) is 41.4 Å². The number of rotatable bonds is 8. The largest absolute Gasteiger partial charge is 0.507 e. The number of carbonyl (C=O) groups excluding carboxylic acids is 2. The monoisotopic (exact) mass is 446 g/mol. The molecule has 6 nitrogen and oxygen atoms in total. The van der Waals surface area contributed by atoms with Crippen molar-refractivity contribution in [2.24, 2.45) is 0 Å². The van der Waals surface area contributed by atoms with Crippen LogP contribution in [-0.2, 0) is 9.59 Å². The molecule has 0 bridgehead atoms. The highest BCUT2D eigenvalue weighted by Gasteiger charge is 2.47. The van der Waals surface area contributed by atoms with Crippen molar-refractivity contribution in [3.63, 3.8) is 0 Å². The lowest BCUT2D eigenvalue weighted by Crippen LogP contribution is -2.30. The van der Waals surface area contributed by atoms with Crippen LogP contribution in [0.5, 0.6) is 5.75 Å². The van der Waals surface area contributed by atoms with Gasteiger partial charge in [0.25, 0.3) is 11.7 Å². The van der Waals surface area contributed by atoms with E-state index >= 15 is 0 Å². The highest BCUT2D eigenvalue weighted by molar-refractivity contribution is 6.46. The number of fused-ring (bicyclic) bond motifs is 1. The molecule has 172 valence electrons. The Morgan fingerprint density at radius 1 is 1.06 bits per heavy atom. The SMILES string of the molecule is CCCCN1C(=O)C(=O)/C(=C(/O)c2ccc(OCCC)cc2)C1c1c(C)[nH]c2ccccc12. The molecule has 33 heavy (non-hydrogen) atoms. The number of aryl methyl sites for hydroxylation is 1. The van der Waals surface area contributed by atoms with E-state index in [4.69, 9.17) is 4.74 Å². The Bertz CT molecular complexity index is 1210. The van der Waals surface area contributed by atoms with Crippen molar-refractivity contribution >= 4 is 28.4 Å². The molecule has 1 unspecified atom stereocenters. The van der Waals surface area contributed by atoms with Crippen molar-refractivity contribution < 1.29 is 19.4 Å². The summed E-state index contributed by atoms with van der Waals surface area (Å²) in [6.07, 6.45) is 2.56. The number of hydrogen-bond acceptors (Lipinski definition) is 4. The maximum absolute atomic E-state index is 13.2. The second-order valence-corrected chi connectivity index (χ2v) is 8.43. The minimum atomic E-state index is -0.649. The average molecular weight is 447 g/mol. The van der Waals surface area contributed by atoms with Gasteiger partial charge in [-0.1, -0.05) is 38.5 Å². The van der Waals surface area contributed by atoms with Crippen LogP contribution in [0.3, 0.4) is 0 Å². The summed E-state index contributed by atoms with van der Waals surface area (Å²) in [6, 6.07) is 14.2. The number of unbranched alkanes of at least 4 members (excludes halogenated alkanes) is 1. The number of ketones is 1. The molecule has 0 saturated carbocycles. The summed E-state index contributed by atoms with van der Waals surface area (Å²) >= 11 is 0. The van der Waals surface area contributed by atoms with Crippen LogP contribution in [0.25, 0.3) is 16.7 Å². The molecule has 2 N–H and O–H groups in total. The van der Waals surface area contributed by atoms with Crippen LogP contribution < -0.4 is 4.74 Å². The van der Waals surface area contributed by atoms with E-state index in [1.165, 1.54) is 0 Å². The van der Waals surface area contributed by atoms with Crippen LogP contribution in [-0.4, -0.2) is 39.8 Å². The zero-order valence-corrected chi connectivity index (χ0v) is 19.4. The second kappa shape index (κ2) is 9.53. The number of H-pyrrole nitrogens is 1. The number of aromatic nitrogens is 1. The van der Waals surface area contributed by atoms with Crippen molar-refractivity contribution in [2.75, 3.05) is 13.2 Å². The molecular formula is C27H30N2O4. The van der Waals surface area contributed by atoms with Crippen LogP contribution in [0.4, 0.5) is 0 Å². The number of Topliss-reactive ketones (excluding diaryl/α,β-unsaturated/α-hetero) is 1. The van der Waals surface area contributed by atoms with Crippen LogP contribution in [0.2, 0.25) is 0 Å². The van der Waals surface area contributed by atoms with E-state index in [1.807, 2.05) is 45.0 Å². The Labute approximate surface area is 193 Å². The molecule has 1 aliphatic heterocycles. The number of aromatic amines is 1. The first-order chi connectivity index (χ1) is 16.0. The number of carbonyl (C=O) groups is 2. The number of amides is 1. The van der Waals surface area contributed by atoms with Gasteiger partial charge in [-0.25, -0.2) is 0 Å². The molecule has 0 aliphatic carbocycles. The van der Waals surface area contributed by atoms with E-state index in [1.54, 1.807) is 29.2 Å². The van der Waals surface area contributed by atoms with Gasteiger partial charge in [0.05, 0.1) is 18.2 Å². The maximum Gasteiger partial charge on any atom is 0.295 e. The summed E-state index contributed by atoms with van der Waals surface area (Å²) in [5.74, 6) is -0.683. The van der Waals surface area contributed by atoms with Gasteiger partial charge in [-0.15, -0.1) is 0 Å². The zero-order valence-electron chi connectivity index (χ0n) is 19.4. The number of aliphatic hydroxyl groups is 1. The van der Waals surface area contributed by atoms with E-state index in [0.29, 0.717) is 24.5 Å². The summed E-state index contributed by atoms with van der Waals surface area (Å²) in [7, 11) is 0. The number of ether oxygens (including phenoxy) is 1. The third kappa shape index (κ3) is 4.13. The van der Waals surface area contributed by atoms with E-state index in [-0.39, 0.29) is 11.3 Å². The molecule has 2 heterocycles. The second-order valence-electron chi connectivity index (χ2n) is 8.43. The molecule has 1 saturated heterocycles. The van der Waals surface area contributed by atoms with Gasteiger partial charge >= 0.3 is 0 Å². The molecule has 0 spiro atoms. The summed E-state index contributed by atoms with van der Waals surface area (Å²) in [5.41, 5.74) is 3.27. The molecule has 3 aromatic rings. The van der Waals surface area contributed by atoms with Gasteiger partial charge in [-0.05, 0) is 50.1 Å². The number of para-hydroxylation sites is 1. The fraction of sp³-hybridized carbons (Fsp3) is 0.333. The van der Waals surface area contributed by atoms with Crippen molar-refractivity contribution in [1.82, 2.24) is 9.88 Å². The molecule has 1 fully saturated rings. The normalized spacial score (nSPS) is 17.8. The Kier molecular flexibility index (Phi) is 6.54. The van der Waals surface area contributed by atoms with Gasteiger partial charge in [-0.3, -0.25) is 9.59 Å². The molecule has 1 atom stereocenters. The topological polar surface area (TPSA) is 82.6 Å². The number of likely N-dealkylation sites (tertiary alicyclic amines) is 1. The minimum Gasteiger partial charge on any atom is -0.507 e. The Morgan fingerprint density at radius 3 is 2.48 bits per heavy atom. The van der Waals surface area contributed by atoms with Gasteiger partial charge < -0.3 is 19.7 Å². The Hall–Kier alpha value is -3.54. The van der Waals surface area contributed by atoms with Gasteiger partial charge in [-0.2, -0.15) is 0 Å². The molecule has 1 aromatic heterocycles. The highest BCUT2D eigenvalue weighted by atomic mass is 16.5. The quantitative estimate of drug-likeness (QED) is 0.272. The Morgan fingerprint density at radius 2 is 1.79 bits per heavy atom. The number of nitrogens with zero attached hydrogens (tertiary/aromatic N) is 1. The minimum absolute atomic E-state index is 0.131. The summed E-state index contributed by atoms with van der Waals surface area (Å²) in [5, 5.41) is 12.2. The standard InChI is InChI=1S/C27H30N2O4/c1-4-6-15-29-24(22-17(3)28-21-10-8-7-9-20(21)22)23(26(31)27(29)32)25(30)18-11-13-19(14-12-18)33-16-5-2/h7-14,24,28,30H,4-6,15-16H2,1-3H3/b25-23+. The van der Waals surface area contributed by atoms with E-state index in [2.05, 4.69) is 4.98 Å². The number of aliphatic hydroxyl groups excluding tert-OH is 1. The van der Waals surface area contributed by atoms with Crippen LogP contribution >= 0.6 is 0 Å².